The van der Waals surface area contributed by atoms with Gasteiger partial charge in [0, 0.05) is 33.7 Å². The zero-order valence-corrected chi connectivity index (χ0v) is 16.1. The van der Waals surface area contributed by atoms with Gasteiger partial charge in [0.15, 0.2) is 16.7 Å². The molecule has 134 valence electrons. The Morgan fingerprint density at radius 1 is 1.46 bits per heavy atom. The van der Waals surface area contributed by atoms with Crippen LogP contribution in [-0.4, -0.2) is 38.9 Å². The lowest BCUT2D eigenvalue weighted by atomic mass is 10.1. The molecule has 2 aliphatic heterocycles. The van der Waals surface area contributed by atoms with Gasteiger partial charge in [0.25, 0.3) is 0 Å². The van der Waals surface area contributed by atoms with Crippen LogP contribution in [0.2, 0.25) is 0 Å². The SMILES string of the molecule is C[n+]1ccc(-c2csc(SC3=C(C(=O)[O-])N4C(=O)C(N)[C@@H]4SC3)n2)cc1. The van der Waals surface area contributed by atoms with E-state index in [1.807, 2.05) is 41.5 Å². The number of thioether (sulfide) groups is 2. The van der Waals surface area contributed by atoms with Gasteiger partial charge in [0.2, 0.25) is 5.91 Å². The van der Waals surface area contributed by atoms with Crippen LogP contribution in [-0.2, 0) is 16.6 Å². The van der Waals surface area contributed by atoms with Crippen molar-refractivity contribution in [3.05, 3.63) is 40.5 Å². The zero-order valence-electron chi connectivity index (χ0n) is 13.6. The summed E-state index contributed by atoms with van der Waals surface area (Å²) in [6, 6.07) is 3.29. The molecule has 1 unspecified atom stereocenters. The number of carboxylic acid groups (broad SMARTS) is 1. The summed E-state index contributed by atoms with van der Waals surface area (Å²) in [5.41, 5.74) is 7.49. The van der Waals surface area contributed by atoms with Crippen molar-refractivity contribution in [3.63, 3.8) is 0 Å². The molecular weight excluding hydrogens is 392 g/mol. The number of fused-ring (bicyclic) bond motifs is 1. The molecule has 0 aliphatic carbocycles. The molecule has 2 atom stereocenters. The van der Waals surface area contributed by atoms with Gasteiger partial charge in [0.1, 0.15) is 18.5 Å². The van der Waals surface area contributed by atoms with Crippen molar-refractivity contribution in [3.8, 4) is 11.3 Å². The number of β-lactam (4-membered cyclic amide) rings is 1. The Kier molecular flexibility index (Phi) is 4.51. The minimum atomic E-state index is -1.36. The molecule has 1 fully saturated rings. The van der Waals surface area contributed by atoms with Crippen molar-refractivity contribution >= 4 is 46.7 Å². The van der Waals surface area contributed by atoms with E-state index in [-0.39, 0.29) is 17.0 Å². The van der Waals surface area contributed by atoms with E-state index in [4.69, 9.17) is 5.73 Å². The second-order valence-electron chi connectivity index (χ2n) is 5.85. The predicted octanol–water partition coefficient (Wildman–Crippen LogP) is -0.0694. The summed E-state index contributed by atoms with van der Waals surface area (Å²) in [4.78, 5) is 30.0. The molecule has 1 amide bonds. The molecule has 4 rings (SSSR count). The van der Waals surface area contributed by atoms with Crippen molar-refractivity contribution in [2.24, 2.45) is 12.8 Å². The van der Waals surface area contributed by atoms with Crippen LogP contribution < -0.4 is 15.4 Å². The number of hydrogen-bond donors (Lipinski definition) is 1. The Morgan fingerprint density at radius 3 is 2.88 bits per heavy atom. The number of aliphatic carboxylic acids is 1. The lowest BCUT2D eigenvalue weighted by Crippen LogP contribution is -2.69. The molecule has 0 bridgehead atoms. The molecule has 10 heteroatoms. The fraction of sp³-hybridized carbons (Fsp3) is 0.250. The first-order chi connectivity index (χ1) is 12.5. The van der Waals surface area contributed by atoms with Gasteiger partial charge in [0.05, 0.1) is 17.4 Å². The molecule has 0 saturated carbocycles. The standard InChI is InChI=1S/C16H14N4O3S3/c1-19-4-2-8(3-5-19)9-6-25-16(18-9)26-10-7-24-14-11(17)13(21)20(14)12(10)15(22)23/h2-6,11,14H,7,17H2,1H3/t11?,14-/m0/s1. The quantitative estimate of drug-likeness (QED) is 0.560. The lowest BCUT2D eigenvalue weighted by molar-refractivity contribution is -0.671. The molecule has 1 saturated heterocycles. The number of amides is 1. The van der Waals surface area contributed by atoms with E-state index in [9.17, 15) is 14.7 Å². The number of nitrogens with two attached hydrogens (primary N) is 1. The topological polar surface area (TPSA) is 103 Å². The number of nitrogens with zero attached hydrogens (tertiary/aromatic N) is 3. The van der Waals surface area contributed by atoms with Crippen LogP contribution in [0.5, 0.6) is 0 Å². The van der Waals surface area contributed by atoms with Crippen molar-refractivity contribution in [2.75, 3.05) is 5.75 Å². The number of hydrogen-bond acceptors (Lipinski definition) is 8. The molecule has 2 aromatic heterocycles. The first kappa shape index (κ1) is 17.5. The molecule has 4 heterocycles. The summed E-state index contributed by atoms with van der Waals surface area (Å²) in [5.74, 6) is -1.27. The third kappa shape index (κ3) is 2.92. The monoisotopic (exact) mass is 406 g/mol. The maximum Gasteiger partial charge on any atom is 0.248 e. The van der Waals surface area contributed by atoms with Crippen LogP contribution in [0.3, 0.4) is 0 Å². The van der Waals surface area contributed by atoms with Crippen molar-refractivity contribution in [1.29, 1.82) is 0 Å². The van der Waals surface area contributed by atoms with Crippen LogP contribution in [0.15, 0.2) is 44.8 Å². The van der Waals surface area contributed by atoms with E-state index in [0.29, 0.717) is 10.7 Å². The Balaban J connectivity index is 1.61. The van der Waals surface area contributed by atoms with Crippen LogP contribution in [0, 0.1) is 0 Å². The maximum atomic E-state index is 12.0. The summed E-state index contributed by atoms with van der Waals surface area (Å²) >= 11 is 4.17. The third-order valence-electron chi connectivity index (χ3n) is 4.14. The zero-order chi connectivity index (χ0) is 18.4. The first-order valence-electron chi connectivity index (χ1n) is 7.69. The Morgan fingerprint density at radius 2 is 2.19 bits per heavy atom. The summed E-state index contributed by atoms with van der Waals surface area (Å²) in [5, 5.41) is 13.2. The second kappa shape index (κ2) is 6.69. The Labute approximate surface area is 161 Å². The van der Waals surface area contributed by atoms with Gasteiger partial charge in [-0.1, -0.05) is 11.8 Å². The molecule has 2 aliphatic rings. The lowest BCUT2D eigenvalue weighted by Gasteiger charge is -2.49. The second-order valence-corrected chi connectivity index (χ2v) is 9.15. The smallest absolute Gasteiger partial charge is 0.248 e. The largest absolute Gasteiger partial charge is 0.543 e. The van der Waals surface area contributed by atoms with Crippen molar-refractivity contribution < 1.29 is 19.3 Å². The van der Waals surface area contributed by atoms with Gasteiger partial charge in [-0.15, -0.1) is 23.1 Å². The van der Waals surface area contributed by atoms with E-state index >= 15 is 0 Å². The summed E-state index contributed by atoms with van der Waals surface area (Å²) in [6.07, 6.45) is 3.88. The first-order valence-corrected chi connectivity index (χ1v) is 10.4. The van der Waals surface area contributed by atoms with Gasteiger partial charge in [-0.05, 0) is 0 Å². The molecule has 2 N–H and O–H groups in total. The number of aromatic nitrogens is 2. The fourth-order valence-electron chi connectivity index (χ4n) is 2.77. The number of aryl methyl sites for hydroxylation is 1. The van der Waals surface area contributed by atoms with Crippen LogP contribution in [0.1, 0.15) is 0 Å². The Hall–Kier alpha value is -1.88. The highest BCUT2D eigenvalue weighted by Gasteiger charge is 2.50. The summed E-state index contributed by atoms with van der Waals surface area (Å²) in [6.45, 7) is 0. The highest BCUT2D eigenvalue weighted by Crippen LogP contribution is 2.45. The van der Waals surface area contributed by atoms with E-state index in [2.05, 4.69) is 4.98 Å². The molecular formula is C16H14N4O3S3. The van der Waals surface area contributed by atoms with E-state index < -0.39 is 12.0 Å². The average Bonchev–Trinajstić information content (AvgIpc) is 3.09. The number of carboxylic acids is 1. The van der Waals surface area contributed by atoms with Crippen LogP contribution in [0.4, 0.5) is 0 Å². The highest BCUT2D eigenvalue weighted by atomic mass is 32.2. The number of carbonyl (C=O) groups excluding carboxylic acids is 2. The van der Waals surface area contributed by atoms with Gasteiger partial charge in [-0.3, -0.25) is 9.69 Å². The van der Waals surface area contributed by atoms with Crippen LogP contribution in [0.25, 0.3) is 11.3 Å². The molecule has 0 spiro atoms. The Bertz CT molecular complexity index is 925. The van der Waals surface area contributed by atoms with E-state index in [0.717, 1.165) is 15.6 Å². The molecule has 7 nitrogen and oxygen atoms in total. The summed E-state index contributed by atoms with van der Waals surface area (Å²) in [7, 11) is 1.94. The minimum absolute atomic E-state index is 0.0751. The highest BCUT2D eigenvalue weighted by molar-refractivity contribution is 8.07. The molecule has 0 radical (unpaired) electrons. The van der Waals surface area contributed by atoms with E-state index in [1.54, 1.807) is 0 Å². The van der Waals surface area contributed by atoms with Gasteiger partial charge >= 0.3 is 0 Å². The average molecular weight is 407 g/mol. The third-order valence-corrected chi connectivity index (χ3v) is 7.64. The minimum Gasteiger partial charge on any atom is -0.543 e. The molecule has 0 aromatic carbocycles. The van der Waals surface area contributed by atoms with Crippen LogP contribution >= 0.6 is 34.9 Å². The number of carbonyl (C=O) groups is 2. The van der Waals surface area contributed by atoms with Gasteiger partial charge in [-0.25, -0.2) is 9.55 Å². The van der Waals surface area contributed by atoms with Crippen molar-refractivity contribution in [2.45, 2.75) is 15.8 Å². The van der Waals surface area contributed by atoms with Crippen molar-refractivity contribution in [1.82, 2.24) is 9.88 Å². The van der Waals surface area contributed by atoms with Gasteiger partial charge < -0.3 is 15.6 Å². The number of thiazole rings is 1. The predicted molar refractivity (Wildman–Crippen MR) is 97.7 cm³/mol. The molecule has 2 aromatic rings. The van der Waals surface area contributed by atoms with E-state index in [1.165, 1.54) is 39.8 Å². The fourth-order valence-corrected chi connectivity index (χ4v) is 6.17. The summed E-state index contributed by atoms with van der Waals surface area (Å²) < 4.78 is 2.66. The number of rotatable bonds is 4. The van der Waals surface area contributed by atoms with Gasteiger partial charge in [-0.2, -0.15) is 0 Å². The molecule has 26 heavy (non-hydrogen) atoms. The number of pyridine rings is 1. The maximum absolute atomic E-state index is 12.0. The normalized spacial score (nSPS) is 22.2.